The van der Waals surface area contributed by atoms with Gasteiger partial charge in [0.15, 0.2) is 0 Å². The van der Waals surface area contributed by atoms with E-state index in [4.69, 9.17) is 0 Å². The van der Waals surface area contributed by atoms with Crippen LogP contribution in [0.5, 0.6) is 0 Å². The summed E-state index contributed by atoms with van der Waals surface area (Å²) in [5.74, 6) is -2.92. The highest BCUT2D eigenvalue weighted by Crippen LogP contribution is 2.23. The van der Waals surface area contributed by atoms with Gasteiger partial charge in [-0.25, -0.2) is 4.79 Å². The van der Waals surface area contributed by atoms with Gasteiger partial charge in [-0.2, -0.15) is 0 Å². The maximum absolute atomic E-state index is 12.3. The Morgan fingerprint density at radius 2 is 1.83 bits per heavy atom. The lowest BCUT2D eigenvalue weighted by atomic mass is 9.96. The SMILES string of the molecule is CCCC(C)(NC(=O)CN1C(=O)c2ccc(C)cc2C1=O)C(=O)O. The van der Waals surface area contributed by atoms with Crippen LogP contribution in [-0.4, -0.2) is 45.8 Å². The van der Waals surface area contributed by atoms with Crippen LogP contribution in [0.4, 0.5) is 0 Å². The molecule has 0 aromatic heterocycles. The number of nitrogens with zero attached hydrogens (tertiary/aromatic N) is 1. The maximum Gasteiger partial charge on any atom is 0.329 e. The molecule has 0 fully saturated rings. The van der Waals surface area contributed by atoms with E-state index >= 15 is 0 Å². The highest BCUT2D eigenvalue weighted by Gasteiger charge is 2.39. The lowest BCUT2D eigenvalue weighted by Crippen LogP contribution is -2.54. The van der Waals surface area contributed by atoms with E-state index in [9.17, 15) is 24.3 Å². The molecule has 7 heteroatoms. The van der Waals surface area contributed by atoms with Crippen LogP contribution in [0, 0.1) is 6.92 Å². The van der Waals surface area contributed by atoms with Crippen LogP contribution in [-0.2, 0) is 9.59 Å². The molecule has 0 saturated carbocycles. The molecule has 2 rings (SSSR count). The molecule has 0 bridgehead atoms. The van der Waals surface area contributed by atoms with Crippen molar-refractivity contribution in [3.8, 4) is 0 Å². The summed E-state index contributed by atoms with van der Waals surface area (Å²) in [5.41, 5.74) is -0.0703. The first-order chi connectivity index (χ1) is 11.2. The number of carbonyl (C=O) groups excluding carboxylic acids is 3. The van der Waals surface area contributed by atoms with Gasteiger partial charge in [-0.3, -0.25) is 19.3 Å². The van der Waals surface area contributed by atoms with Crippen LogP contribution < -0.4 is 5.32 Å². The minimum atomic E-state index is -1.43. The Kier molecular flexibility index (Phi) is 4.73. The largest absolute Gasteiger partial charge is 0.480 e. The lowest BCUT2D eigenvalue weighted by molar-refractivity contribution is -0.147. The highest BCUT2D eigenvalue weighted by atomic mass is 16.4. The maximum atomic E-state index is 12.3. The Morgan fingerprint density at radius 3 is 2.42 bits per heavy atom. The zero-order valence-corrected chi connectivity index (χ0v) is 13.9. The summed E-state index contributed by atoms with van der Waals surface area (Å²) < 4.78 is 0. The molecule has 3 amide bonds. The minimum Gasteiger partial charge on any atom is -0.480 e. The van der Waals surface area contributed by atoms with Crippen molar-refractivity contribution in [2.45, 2.75) is 39.2 Å². The van der Waals surface area contributed by atoms with E-state index in [1.807, 2.05) is 0 Å². The van der Waals surface area contributed by atoms with Gasteiger partial charge >= 0.3 is 5.97 Å². The standard InChI is InChI=1S/C17H20N2O5/c1-4-7-17(3,16(23)24)18-13(20)9-19-14(21)11-6-5-10(2)8-12(11)15(19)22/h5-6,8H,4,7,9H2,1-3H3,(H,18,20)(H,23,24). The number of amides is 3. The Balaban J connectivity index is 2.15. The summed E-state index contributed by atoms with van der Waals surface area (Å²) in [4.78, 5) is 49.0. The summed E-state index contributed by atoms with van der Waals surface area (Å²) in [6, 6.07) is 4.88. The fourth-order valence-electron chi connectivity index (χ4n) is 2.76. The molecular weight excluding hydrogens is 312 g/mol. The summed E-state index contributed by atoms with van der Waals surface area (Å²) in [6.45, 7) is 4.51. The molecule has 1 unspecified atom stereocenters. The van der Waals surface area contributed by atoms with E-state index in [2.05, 4.69) is 5.32 Å². The molecule has 1 aromatic carbocycles. The molecule has 0 spiro atoms. The third-order valence-electron chi connectivity index (χ3n) is 4.07. The van der Waals surface area contributed by atoms with Gasteiger partial charge in [0, 0.05) is 0 Å². The van der Waals surface area contributed by atoms with Crippen LogP contribution in [0.2, 0.25) is 0 Å². The molecule has 1 aliphatic rings. The van der Waals surface area contributed by atoms with Crippen LogP contribution >= 0.6 is 0 Å². The van der Waals surface area contributed by atoms with E-state index in [1.54, 1.807) is 32.0 Å². The van der Waals surface area contributed by atoms with E-state index in [0.717, 1.165) is 10.5 Å². The normalized spacial score (nSPS) is 15.9. The molecule has 0 saturated heterocycles. The van der Waals surface area contributed by atoms with Crippen molar-refractivity contribution >= 4 is 23.7 Å². The number of carbonyl (C=O) groups is 4. The lowest BCUT2D eigenvalue weighted by Gasteiger charge is -2.26. The second kappa shape index (κ2) is 6.43. The predicted molar refractivity (Wildman–Crippen MR) is 85.6 cm³/mol. The Bertz CT molecular complexity index is 728. The number of nitrogens with one attached hydrogen (secondary N) is 1. The quantitative estimate of drug-likeness (QED) is 0.765. The number of benzene rings is 1. The molecule has 0 aliphatic carbocycles. The Morgan fingerprint density at radius 1 is 1.21 bits per heavy atom. The fourth-order valence-corrected chi connectivity index (χ4v) is 2.76. The first-order valence-corrected chi connectivity index (χ1v) is 7.71. The highest BCUT2D eigenvalue weighted by molar-refractivity contribution is 6.22. The van der Waals surface area contributed by atoms with E-state index < -0.39 is 35.8 Å². The number of imide groups is 1. The number of hydrogen-bond acceptors (Lipinski definition) is 4. The van der Waals surface area contributed by atoms with Crippen LogP contribution in [0.1, 0.15) is 53.0 Å². The summed E-state index contributed by atoms with van der Waals surface area (Å²) in [7, 11) is 0. The van der Waals surface area contributed by atoms with Crippen LogP contribution in [0.15, 0.2) is 18.2 Å². The second-order valence-corrected chi connectivity index (χ2v) is 6.18. The first-order valence-electron chi connectivity index (χ1n) is 7.71. The van der Waals surface area contributed by atoms with Gasteiger partial charge in [-0.05, 0) is 32.4 Å². The number of carboxylic acid groups (broad SMARTS) is 1. The molecular formula is C17H20N2O5. The Labute approximate surface area is 139 Å². The van der Waals surface area contributed by atoms with Crippen molar-refractivity contribution in [2.75, 3.05) is 6.54 Å². The van der Waals surface area contributed by atoms with E-state index in [0.29, 0.717) is 6.42 Å². The van der Waals surface area contributed by atoms with Crippen molar-refractivity contribution in [1.82, 2.24) is 10.2 Å². The average Bonchev–Trinajstić information content (AvgIpc) is 2.72. The molecule has 0 radical (unpaired) electrons. The van der Waals surface area contributed by atoms with E-state index in [-0.39, 0.29) is 17.5 Å². The van der Waals surface area contributed by atoms with Crippen molar-refractivity contribution < 1.29 is 24.3 Å². The third-order valence-corrected chi connectivity index (χ3v) is 4.07. The van der Waals surface area contributed by atoms with Gasteiger partial charge in [0.2, 0.25) is 5.91 Å². The van der Waals surface area contributed by atoms with Crippen molar-refractivity contribution in [3.05, 3.63) is 34.9 Å². The number of carboxylic acids is 1. The number of hydrogen-bond donors (Lipinski definition) is 2. The fraction of sp³-hybridized carbons (Fsp3) is 0.412. The molecule has 2 N–H and O–H groups in total. The topological polar surface area (TPSA) is 104 Å². The molecule has 24 heavy (non-hydrogen) atoms. The van der Waals surface area contributed by atoms with Gasteiger partial charge in [-0.1, -0.05) is 25.0 Å². The van der Waals surface area contributed by atoms with Crippen molar-refractivity contribution in [2.24, 2.45) is 0 Å². The van der Waals surface area contributed by atoms with Gasteiger partial charge in [0.25, 0.3) is 11.8 Å². The van der Waals surface area contributed by atoms with Gasteiger partial charge in [0.05, 0.1) is 11.1 Å². The molecule has 1 aromatic rings. The zero-order chi connectivity index (χ0) is 18.1. The van der Waals surface area contributed by atoms with Crippen LogP contribution in [0.25, 0.3) is 0 Å². The molecule has 1 atom stereocenters. The first kappa shape index (κ1) is 17.7. The van der Waals surface area contributed by atoms with Crippen LogP contribution in [0.3, 0.4) is 0 Å². The van der Waals surface area contributed by atoms with Gasteiger partial charge in [-0.15, -0.1) is 0 Å². The van der Waals surface area contributed by atoms with E-state index in [1.165, 1.54) is 6.92 Å². The summed E-state index contributed by atoms with van der Waals surface area (Å²) >= 11 is 0. The monoisotopic (exact) mass is 332 g/mol. The van der Waals surface area contributed by atoms with Crippen molar-refractivity contribution in [3.63, 3.8) is 0 Å². The van der Waals surface area contributed by atoms with Gasteiger partial charge in [0.1, 0.15) is 12.1 Å². The zero-order valence-electron chi connectivity index (χ0n) is 13.9. The molecule has 1 aliphatic heterocycles. The smallest absolute Gasteiger partial charge is 0.329 e. The number of rotatable bonds is 6. The summed E-state index contributed by atoms with van der Waals surface area (Å²) in [6.07, 6.45) is 0.810. The second-order valence-electron chi connectivity index (χ2n) is 6.18. The Hall–Kier alpha value is -2.70. The molecule has 1 heterocycles. The minimum absolute atomic E-state index is 0.245. The van der Waals surface area contributed by atoms with Gasteiger partial charge < -0.3 is 10.4 Å². The third kappa shape index (κ3) is 3.15. The molecule has 7 nitrogen and oxygen atoms in total. The average molecular weight is 332 g/mol. The number of fused-ring (bicyclic) bond motifs is 1. The number of aliphatic carboxylic acids is 1. The van der Waals surface area contributed by atoms with Crippen molar-refractivity contribution in [1.29, 1.82) is 0 Å². The predicted octanol–water partition coefficient (Wildman–Crippen LogP) is 1.35. The summed E-state index contributed by atoms with van der Waals surface area (Å²) in [5, 5.41) is 11.7. The molecule has 128 valence electrons. The number of aryl methyl sites for hydroxylation is 1.